The van der Waals surface area contributed by atoms with Crippen molar-refractivity contribution in [2.24, 2.45) is 4.99 Å². The molecule has 1 nitrogen and oxygen atoms in total. The van der Waals surface area contributed by atoms with Gasteiger partial charge in [-0.25, -0.2) is 0 Å². The molecule has 0 radical (unpaired) electrons. The quantitative estimate of drug-likeness (QED) is 0.331. The van der Waals surface area contributed by atoms with Gasteiger partial charge >= 0.3 is 0 Å². The first-order valence-electron chi connectivity index (χ1n) is 9.17. The largest absolute Gasteiger partial charge is 0.256 e. The Morgan fingerprint density at radius 2 is 1.42 bits per heavy atom. The van der Waals surface area contributed by atoms with E-state index in [1.165, 1.54) is 50.5 Å². The van der Waals surface area contributed by atoms with Crippen LogP contribution in [0.5, 0.6) is 0 Å². The molecule has 0 unspecified atom stereocenters. The molecular weight excluding hydrogens is 290 g/mol. The summed E-state index contributed by atoms with van der Waals surface area (Å²) in [6.07, 6.45) is 13.1. The van der Waals surface area contributed by atoms with Crippen LogP contribution in [-0.2, 0) is 6.42 Å². The van der Waals surface area contributed by atoms with Gasteiger partial charge in [0.05, 0.1) is 5.69 Å². The van der Waals surface area contributed by atoms with Crippen molar-refractivity contribution >= 4 is 18.0 Å². The molecule has 0 saturated carbocycles. The van der Waals surface area contributed by atoms with Gasteiger partial charge in [0.1, 0.15) is 0 Å². The van der Waals surface area contributed by atoms with Crippen molar-refractivity contribution in [2.45, 2.75) is 51.9 Å². The van der Waals surface area contributed by atoms with Crippen LogP contribution in [0.25, 0.3) is 6.08 Å². The van der Waals surface area contributed by atoms with Gasteiger partial charge in [-0.15, -0.1) is 0 Å². The lowest BCUT2D eigenvalue weighted by Crippen LogP contribution is -1.88. The van der Waals surface area contributed by atoms with Gasteiger partial charge < -0.3 is 0 Å². The first kappa shape index (κ1) is 18.2. The van der Waals surface area contributed by atoms with Gasteiger partial charge in [0, 0.05) is 6.21 Å². The Balaban J connectivity index is 1.78. The fourth-order valence-electron chi connectivity index (χ4n) is 2.73. The molecule has 0 heterocycles. The van der Waals surface area contributed by atoms with Crippen LogP contribution < -0.4 is 0 Å². The van der Waals surface area contributed by atoms with Gasteiger partial charge in [0.2, 0.25) is 0 Å². The summed E-state index contributed by atoms with van der Waals surface area (Å²) in [6.45, 7) is 6.03. The SMILES string of the molecule is C=Cc1ccc(N=Cc2ccc(CCCCCCCC)cc2)cc1. The molecule has 1 heteroatoms. The molecule has 0 bridgehead atoms. The van der Waals surface area contributed by atoms with Gasteiger partial charge in [0.15, 0.2) is 0 Å². The maximum atomic E-state index is 4.53. The number of aryl methyl sites for hydroxylation is 1. The molecule has 0 saturated heterocycles. The average Bonchev–Trinajstić information content (AvgIpc) is 2.64. The van der Waals surface area contributed by atoms with E-state index in [0.29, 0.717) is 0 Å². The maximum absolute atomic E-state index is 4.53. The summed E-state index contributed by atoms with van der Waals surface area (Å²) in [5.74, 6) is 0. The number of hydrogen-bond donors (Lipinski definition) is 0. The fourth-order valence-corrected chi connectivity index (χ4v) is 2.73. The molecule has 2 aromatic rings. The summed E-state index contributed by atoms with van der Waals surface area (Å²) in [5.41, 5.74) is 4.66. The Morgan fingerprint density at radius 1 is 0.792 bits per heavy atom. The summed E-state index contributed by atoms with van der Waals surface area (Å²) < 4.78 is 0. The smallest absolute Gasteiger partial charge is 0.0630 e. The van der Waals surface area contributed by atoms with E-state index >= 15 is 0 Å². The zero-order chi connectivity index (χ0) is 17.0. The Bertz CT molecular complexity index is 620. The molecule has 0 spiro atoms. The van der Waals surface area contributed by atoms with Crippen LogP contribution in [0.4, 0.5) is 5.69 Å². The van der Waals surface area contributed by atoms with Crippen molar-refractivity contribution in [3.8, 4) is 0 Å². The van der Waals surface area contributed by atoms with Crippen LogP contribution in [0, 0.1) is 0 Å². The van der Waals surface area contributed by atoms with Crippen LogP contribution in [0.3, 0.4) is 0 Å². The van der Waals surface area contributed by atoms with E-state index in [0.717, 1.165) is 16.8 Å². The van der Waals surface area contributed by atoms with Crippen LogP contribution in [0.1, 0.15) is 62.1 Å². The molecule has 126 valence electrons. The van der Waals surface area contributed by atoms with E-state index in [4.69, 9.17) is 0 Å². The molecule has 0 N–H and O–H groups in total. The highest BCUT2D eigenvalue weighted by atomic mass is 14.7. The van der Waals surface area contributed by atoms with Crippen molar-refractivity contribution < 1.29 is 0 Å². The number of hydrogen-bond acceptors (Lipinski definition) is 1. The first-order chi connectivity index (χ1) is 11.8. The van der Waals surface area contributed by atoms with Crippen LogP contribution >= 0.6 is 0 Å². The topological polar surface area (TPSA) is 12.4 Å². The normalized spacial score (nSPS) is 11.0. The number of benzene rings is 2. The molecule has 0 amide bonds. The summed E-state index contributed by atoms with van der Waals surface area (Å²) in [4.78, 5) is 4.53. The van der Waals surface area contributed by atoms with Gasteiger partial charge in [-0.3, -0.25) is 4.99 Å². The van der Waals surface area contributed by atoms with Crippen molar-refractivity contribution in [1.29, 1.82) is 0 Å². The molecule has 0 fully saturated rings. The van der Waals surface area contributed by atoms with Crippen LogP contribution in [-0.4, -0.2) is 6.21 Å². The zero-order valence-electron chi connectivity index (χ0n) is 14.9. The first-order valence-corrected chi connectivity index (χ1v) is 9.17. The van der Waals surface area contributed by atoms with Crippen LogP contribution in [0.2, 0.25) is 0 Å². The van der Waals surface area contributed by atoms with Gasteiger partial charge in [-0.1, -0.05) is 88.1 Å². The van der Waals surface area contributed by atoms with Crippen molar-refractivity contribution in [2.75, 3.05) is 0 Å². The van der Waals surface area contributed by atoms with Gasteiger partial charge in [0.25, 0.3) is 0 Å². The van der Waals surface area contributed by atoms with E-state index in [1.807, 2.05) is 36.6 Å². The summed E-state index contributed by atoms with van der Waals surface area (Å²) in [6, 6.07) is 16.9. The van der Waals surface area contributed by atoms with E-state index in [-0.39, 0.29) is 0 Å². The molecule has 0 aromatic heterocycles. The number of rotatable bonds is 10. The predicted octanol–water partition coefficient (Wildman–Crippen LogP) is 6.98. The number of unbranched alkanes of at least 4 members (excludes halogenated alkanes) is 5. The second-order valence-electron chi connectivity index (χ2n) is 6.31. The minimum absolute atomic E-state index is 0.969. The van der Waals surface area contributed by atoms with Gasteiger partial charge in [-0.05, 0) is 41.7 Å². The third kappa shape index (κ3) is 6.54. The Hall–Kier alpha value is -2.15. The standard InChI is InChI=1S/C23H29N/c1-3-5-6-7-8-9-10-21-11-13-22(14-12-21)19-24-23-17-15-20(4-2)16-18-23/h4,11-19H,2-3,5-10H2,1H3. The average molecular weight is 319 g/mol. The van der Waals surface area contributed by atoms with E-state index in [9.17, 15) is 0 Å². The lowest BCUT2D eigenvalue weighted by atomic mass is 10.0. The molecule has 0 atom stereocenters. The highest BCUT2D eigenvalue weighted by molar-refractivity contribution is 5.82. The Labute approximate surface area is 147 Å². The third-order valence-electron chi connectivity index (χ3n) is 4.29. The monoisotopic (exact) mass is 319 g/mol. The minimum Gasteiger partial charge on any atom is -0.256 e. The Kier molecular flexibility index (Phi) is 8.03. The highest BCUT2D eigenvalue weighted by Crippen LogP contribution is 2.14. The summed E-state index contributed by atoms with van der Waals surface area (Å²) in [7, 11) is 0. The van der Waals surface area contributed by atoms with Crippen molar-refractivity contribution in [1.82, 2.24) is 0 Å². The number of nitrogens with zero attached hydrogens (tertiary/aromatic N) is 1. The molecular formula is C23H29N. The Morgan fingerprint density at radius 3 is 2.08 bits per heavy atom. The van der Waals surface area contributed by atoms with Gasteiger partial charge in [-0.2, -0.15) is 0 Å². The number of aliphatic imine (C=N–C) groups is 1. The maximum Gasteiger partial charge on any atom is 0.0630 e. The fraction of sp³-hybridized carbons (Fsp3) is 0.348. The molecule has 2 rings (SSSR count). The predicted molar refractivity (Wildman–Crippen MR) is 107 cm³/mol. The molecule has 0 aliphatic carbocycles. The van der Waals surface area contributed by atoms with E-state index in [1.54, 1.807) is 0 Å². The molecule has 0 aliphatic heterocycles. The lowest BCUT2D eigenvalue weighted by Gasteiger charge is -2.03. The summed E-state index contributed by atoms with van der Waals surface area (Å²) in [5, 5.41) is 0. The molecule has 0 aliphatic rings. The molecule has 24 heavy (non-hydrogen) atoms. The van der Waals surface area contributed by atoms with E-state index < -0.39 is 0 Å². The third-order valence-corrected chi connectivity index (χ3v) is 4.29. The highest BCUT2D eigenvalue weighted by Gasteiger charge is 1.95. The molecule has 2 aromatic carbocycles. The van der Waals surface area contributed by atoms with Crippen LogP contribution in [0.15, 0.2) is 60.1 Å². The lowest BCUT2D eigenvalue weighted by molar-refractivity contribution is 0.607. The van der Waals surface area contributed by atoms with E-state index in [2.05, 4.69) is 42.8 Å². The van der Waals surface area contributed by atoms with Crippen molar-refractivity contribution in [3.05, 3.63) is 71.8 Å². The second-order valence-corrected chi connectivity index (χ2v) is 6.31. The zero-order valence-corrected chi connectivity index (χ0v) is 14.9. The second kappa shape index (κ2) is 10.6. The summed E-state index contributed by atoms with van der Waals surface area (Å²) >= 11 is 0. The van der Waals surface area contributed by atoms with Crippen molar-refractivity contribution in [3.63, 3.8) is 0 Å². The minimum atomic E-state index is 0.969.